The minimum atomic E-state index is 0.00790. The Morgan fingerprint density at radius 3 is 2.55 bits per heavy atom. The number of rotatable bonds is 6. The van der Waals surface area contributed by atoms with Crippen LogP contribution in [0, 0.1) is 6.92 Å². The third-order valence-corrected chi connectivity index (χ3v) is 4.37. The first-order chi connectivity index (χ1) is 10.6. The summed E-state index contributed by atoms with van der Waals surface area (Å²) >= 11 is 3.48. The van der Waals surface area contributed by atoms with Crippen molar-refractivity contribution >= 4 is 27.5 Å². The van der Waals surface area contributed by atoms with Crippen LogP contribution in [0.2, 0.25) is 0 Å². The number of carbonyl (C=O) groups is 1. The highest BCUT2D eigenvalue weighted by molar-refractivity contribution is 9.10. The number of nitrogens with one attached hydrogen (secondary N) is 1. The molecule has 2 aromatic rings. The number of carbonyl (C=O) groups excluding carboxylic acids is 1. The second kappa shape index (κ2) is 8.11. The van der Waals surface area contributed by atoms with E-state index in [1.807, 2.05) is 43.3 Å². The second-order valence-corrected chi connectivity index (χ2v) is 6.16. The van der Waals surface area contributed by atoms with E-state index in [4.69, 9.17) is 0 Å². The predicted octanol–water partition coefficient (Wildman–Crippen LogP) is 4.22. The monoisotopic (exact) mass is 360 g/mol. The number of amides is 1. The van der Waals surface area contributed by atoms with Crippen molar-refractivity contribution in [3.8, 4) is 0 Å². The molecule has 1 N–H and O–H groups in total. The molecule has 2 aromatic carbocycles. The van der Waals surface area contributed by atoms with Gasteiger partial charge in [-0.2, -0.15) is 0 Å². The molecule has 4 heteroatoms. The fourth-order valence-electron chi connectivity index (χ4n) is 2.20. The third-order valence-electron chi connectivity index (χ3n) is 3.52. The Bertz CT molecular complexity index is 628. The van der Waals surface area contributed by atoms with Crippen molar-refractivity contribution in [1.82, 2.24) is 4.90 Å². The summed E-state index contributed by atoms with van der Waals surface area (Å²) in [6.07, 6.45) is 0. The molecule has 116 valence electrons. The Kier molecular flexibility index (Phi) is 6.16. The standard InChI is InChI=1S/C18H21BrN2O/c1-3-21(12-15-7-5-4-6-8-15)13-18(22)20-16-10-9-14(2)17(19)11-16/h4-11H,3,12-13H2,1-2H3,(H,20,22). The molecule has 0 fully saturated rings. The van der Waals surface area contributed by atoms with Crippen LogP contribution >= 0.6 is 15.9 Å². The zero-order valence-electron chi connectivity index (χ0n) is 13.0. The highest BCUT2D eigenvalue weighted by Gasteiger charge is 2.10. The summed E-state index contributed by atoms with van der Waals surface area (Å²) in [5.74, 6) is 0.00790. The van der Waals surface area contributed by atoms with Crippen molar-refractivity contribution in [2.45, 2.75) is 20.4 Å². The van der Waals surface area contributed by atoms with Crippen molar-refractivity contribution in [1.29, 1.82) is 0 Å². The summed E-state index contributed by atoms with van der Waals surface area (Å²) in [5.41, 5.74) is 3.19. The fourth-order valence-corrected chi connectivity index (χ4v) is 2.57. The van der Waals surface area contributed by atoms with E-state index in [1.54, 1.807) is 0 Å². The Morgan fingerprint density at radius 1 is 1.18 bits per heavy atom. The topological polar surface area (TPSA) is 32.3 Å². The molecule has 0 bridgehead atoms. The molecule has 0 saturated carbocycles. The molecule has 2 rings (SSSR count). The average molecular weight is 361 g/mol. The van der Waals surface area contributed by atoms with E-state index < -0.39 is 0 Å². The molecular weight excluding hydrogens is 340 g/mol. The number of benzene rings is 2. The van der Waals surface area contributed by atoms with Gasteiger partial charge in [-0.25, -0.2) is 0 Å². The summed E-state index contributed by atoms with van der Waals surface area (Å²) in [6, 6.07) is 16.0. The molecular formula is C18H21BrN2O. The number of halogens is 1. The second-order valence-electron chi connectivity index (χ2n) is 5.30. The Hall–Kier alpha value is -1.65. The van der Waals surface area contributed by atoms with Gasteiger partial charge < -0.3 is 5.32 Å². The molecule has 0 aliphatic carbocycles. The number of nitrogens with zero attached hydrogens (tertiary/aromatic N) is 1. The van der Waals surface area contributed by atoms with Crippen molar-refractivity contribution < 1.29 is 4.79 Å². The molecule has 0 saturated heterocycles. The summed E-state index contributed by atoms with van der Waals surface area (Å²) in [4.78, 5) is 14.3. The zero-order valence-corrected chi connectivity index (χ0v) is 14.6. The lowest BCUT2D eigenvalue weighted by Crippen LogP contribution is -2.32. The Balaban J connectivity index is 1.93. The van der Waals surface area contributed by atoms with Crippen LogP contribution in [0.3, 0.4) is 0 Å². The normalized spacial score (nSPS) is 10.7. The quantitative estimate of drug-likeness (QED) is 0.836. The van der Waals surface area contributed by atoms with Crippen LogP contribution < -0.4 is 5.32 Å². The van der Waals surface area contributed by atoms with E-state index in [2.05, 4.69) is 45.2 Å². The molecule has 0 atom stereocenters. The van der Waals surface area contributed by atoms with E-state index in [0.717, 1.165) is 28.8 Å². The summed E-state index contributed by atoms with van der Waals surface area (Å²) in [6.45, 7) is 6.09. The van der Waals surface area contributed by atoms with Gasteiger partial charge in [0.1, 0.15) is 0 Å². The van der Waals surface area contributed by atoms with Crippen LogP contribution in [0.5, 0.6) is 0 Å². The molecule has 0 spiro atoms. The van der Waals surface area contributed by atoms with Crippen molar-refractivity contribution in [2.24, 2.45) is 0 Å². The number of anilines is 1. The Morgan fingerprint density at radius 2 is 1.91 bits per heavy atom. The lowest BCUT2D eigenvalue weighted by Gasteiger charge is -2.20. The van der Waals surface area contributed by atoms with Gasteiger partial charge in [-0.05, 0) is 36.7 Å². The predicted molar refractivity (Wildman–Crippen MR) is 94.9 cm³/mol. The third kappa shape index (κ3) is 4.97. The van der Waals surface area contributed by atoms with Crippen LogP contribution in [0.25, 0.3) is 0 Å². The van der Waals surface area contributed by atoms with Gasteiger partial charge in [-0.3, -0.25) is 9.69 Å². The van der Waals surface area contributed by atoms with E-state index >= 15 is 0 Å². The number of likely N-dealkylation sites (N-methyl/N-ethyl adjacent to an activating group) is 1. The number of aryl methyl sites for hydroxylation is 1. The first kappa shape index (κ1) is 16.7. The van der Waals surface area contributed by atoms with E-state index in [1.165, 1.54) is 5.56 Å². The van der Waals surface area contributed by atoms with E-state index in [-0.39, 0.29) is 5.91 Å². The van der Waals surface area contributed by atoms with Gasteiger partial charge in [0.15, 0.2) is 0 Å². The maximum atomic E-state index is 12.2. The van der Waals surface area contributed by atoms with E-state index in [0.29, 0.717) is 6.54 Å². The molecule has 0 aromatic heterocycles. The molecule has 1 amide bonds. The first-order valence-electron chi connectivity index (χ1n) is 7.40. The maximum absolute atomic E-state index is 12.2. The van der Waals surface area contributed by atoms with Gasteiger partial charge in [-0.15, -0.1) is 0 Å². The summed E-state index contributed by atoms with van der Waals surface area (Å²) in [5, 5.41) is 2.95. The van der Waals surface area contributed by atoms with Gasteiger partial charge in [0.05, 0.1) is 6.54 Å². The van der Waals surface area contributed by atoms with Gasteiger partial charge in [0, 0.05) is 16.7 Å². The van der Waals surface area contributed by atoms with Gasteiger partial charge in [0.2, 0.25) is 5.91 Å². The molecule has 0 radical (unpaired) electrons. The molecule has 0 aliphatic rings. The minimum Gasteiger partial charge on any atom is -0.325 e. The van der Waals surface area contributed by atoms with Crippen LogP contribution in [0.15, 0.2) is 53.0 Å². The fraction of sp³-hybridized carbons (Fsp3) is 0.278. The van der Waals surface area contributed by atoms with Crippen LogP contribution in [-0.4, -0.2) is 23.9 Å². The lowest BCUT2D eigenvalue weighted by atomic mass is 10.2. The van der Waals surface area contributed by atoms with Gasteiger partial charge >= 0.3 is 0 Å². The molecule has 0 unspecified atom stereocenters. The summed E-state index contributed by atoms with van der Waals surface area (Å²) < 4.78 is 1.00. The average Bonchev–Trinajstić information content (AvgIpc) is 2.51. The molecule has 22 heavy (non-hydrogen) atoms. The van der Waals surface area contributed by atoms with Gasteiger partial charge in [-0.1, -0.05) is 59.3 Å². The van der Waals surface area contributed by atoms with Crippen LogP contribution in [-0.2, 0) is 11.3 Å². The lowest BCUT2D eigenvalue weighted by molar-refractivity contribution is -0.117. The molecule has 0 heterocycles. The SMILES string of the molecule is CCN(CC(=O)Nc1ccc(C)c(Br)c1)Cc1ccccc1. The highest BCUT2D eigenvalue weighted by atomic mass is 79.9. The van der Waals surface area contributed by atoms with Gasteiger partial charge in [0.25, 0.3) is 0 Å². The zero-order chi connectivity index (χ0) is 15.9. The molecule has 3 nitrogen and oxygen atoms in total. The smallest absolute Gasteiger partial charge is 0.238 e. The maximum Gasteiger partial charge on any atom is 0.238 e. The highest BCUT2D eigenvalue weighted by Crippen LogP contribution is 2.20. The van der Waals surface area contributed by atoms with Crippen molar-refractivity contribution in [3.63, 3.8) is 0 Å². The molecule has 0 aliphatic heterocycles. The Labute approximate surface area is 140 Å². The summed E-state index contributed by atoms with van der Waals surface area (Å²) in [7, 11) is 0. The van der Waals surface area contributed by atoms with Crippen molar-refractivity contribution in [2.75, 3.05) is 18.4 Å². The van der Waals surface area contributed by atoms with E-state index in [9.17, 15) is 4.79 Å². The number of hydrogen-bond acceptors (Lipinski definition) is 2. The first-order valence-corrected chi connectivity index (χ1v) is 8.20. The van der Waals surface area contributed by atoms with Crippen LogP contribution in [0.1, 0.15) is 18.1 Å². The number of hydrogen-bond donors (Lipinski definition) is 1. The largest absolute Gasteiger partial charge is 0.325 e. The van der Waals surface area contributed by atoms with Crippen molar-refractivity contribution in [3.05, 3.63) is 64.1 Å². The minimum absolute atomic E-state index is 0.00790. The van der Waals surface area contributed by atoms with Crippen LogP contribution in [0.4, 0.5) is 5.69 Å².